The van der Waals surface area contributed by atoms with Crippen molar-refractivity contribution < 1.29 is 0 Å². The molecule has 0 aromatic heterocycles. The van der Waals surface area contributed by atoms with E-state index in [2.05, 4.69) is 83.2 Å². The quantitative estimate of drug-likeness (QED) is 0.748. The highest BCUT2D eigenvalue weighted by Crippen LogP contribution is 2.36. The Hall–Kier alpha value is -0.910. The third kappa shape index (κ3) is 3.52. The molecule has 86 valence electrons. The Labute approximate surface area is 112 Å². The molecule has 17 heavy (non-hydrogen) atoms. The van der Waals surface area contributed by atoms with Crippen molar-refractivity contribution in [3.05, 3.63) is 71.7 Å². The molecule has 0 bridgehead atoms. The van der Waals surface area contributed by atoms with Crippen LogP contribution in [-0.4, -0.2) is 6.16 Å². The van der Waals surface area contributed by atoms with Gasteiger partial charge in [0, 0.05) is 6.16 Å². The first-order valence-electron chi connectivity index (χ1n) is 5.48. The number of hydrogen-bond donors (Lipinski definition) is 0. The summed E-state index contributed by atoms with van der Waals surface area (Å²) in [6.07, 6.45) is 0.989. The van der Waals surface area contributed by atoms with Crippen LogP contribution in [0.2, 0.25) is 0 Å². The smallest absolute Gasteiger partial charge is 0.00679 e. The summed E-state index contributed by atoms with van der Waals surface area (Å²) in [7, 11) is -0.337. The van der Waals surface area contributed by atoms with E-state index in [1.165, 1.54) is 10.6 Å². The van der Waals surface area contributed by atoms with E-state index in [1.54, 1.807) is 0 Å². The number of rotatable bonds is 4. The fourth-order valence-electron chi connectivity index (χ4n) is 1.72. The highest BCUT2D eigenvalue weighted by Gasteiger charge is 2.13. The molecule has 0 atom stereocenters. The van der Waals surface area contributed by atoms with Crippen molar-refractivity contribution >= 4 is 34.5 Å². The molecule has 0 unspecified atom stereocenters. The monoisotopic (exact) mass is 304 g/mol. The molecule has 0 aliphatic carbocycles. The molecule has 0 spiro atoms. The molecule has 2 heteroatoms. The van der Waals surface area contributed by atoms with E-state index in [0.29, 0.717) is 0 Å². The van der Waals surface area contributed by atoms with Crippen molar-refractivity contribution in [3.63, 3.8) is 0 Å². The maximum absolute atomic E-state index is 3.98. The summed E-state index contributed by atoms with van der Waals surface area (Å²) in [6, 6.07) is 21.3. The van der Waals surface area contributed by atoms with E-state index < -0.39 is 0 Å². The summed E-state index contributed by atoms with van der Waals surface area (Å²) in [6.45, 7) is 3.98. The van der Waals surface area contributed by atoms with Gasteiger partial charge in [-0.25, -0.2) is 0 Å². The zero-order valence-corrected chi connectivity index (χ0v) is 12.0. The zero-order chi connectivity index (χ0) is 12.1. The van der Waals surface area contributed by atoms with Crippen LogP contribution in [0.1, 0.15) is 0 Å². The minimum atomic E-state index is -0.337. The highest BCUT2D eigenvalue weighted by atomic mass is 79.9. The lowest BCUT2D eigenvalue weighted by atomic mass is 10.4. The molecule has 2 rings (SSSR count). The number of hydrogen-bond acceptors (Lipinski definition) is 0. The van der Waals surface area contributed by atoms with Crippen molar-refractivity contribution in [2.45, 2.75) is 0 Å². The van der Waals surface area contributed by atoms with Crippen molar-refractivity contribution in [1.29, 1.82) is 0 Å². The molecular weight excluding hydrogens is 291 g/mol. The summed E-state index contributed by atoms with van der Waals surface area (Å²) < 4.78 is 1.07. The second-order valence-electron chi connectivity index (χ2n) is 3.77. The van der Waals surface area contributed by atoms with Crippen LogP contribution in [0.4, 0.5) is 0 Å². The second-order valence-corrected chi connectivity index (χ2v) is 7.10. The second kappa shape index (κ2) is 6.14. The van der Waals surface area contributed by atoms with E-state index in [4.69, 9.17) is 0 Å². The normalized spacial score (nSPS) is 10.5. The first kappa shape index (κ1) is 12.5. The van der Waals surface area contributed by atoms with Gasteiger partial charge in [-0.2, -0.15) is 0 Å². The van der Waals surface area contributed by atoms with E-state index in [9.17, 15) is 0 Å². The van der Waals surface area contributed by atoms with Crippen LogP contribution in [0.15, 0.2) is 71.7 Å². The van der Waals surface area contributed by atoms with Gasteiger partial charge in [-0.15, -0.1) is 0 Å². The molecule has 0 heterocycles. The fourth-order valence-corrected chi connectivity index (χ4v) is 4.54. The summed E-state index contributed by atoms with van der Waals surface area (Å²) >= 11 is 3.49. The molecule has 0 saturated heterocycles. The van der Waals surface area contributed by atoms with Crippen molar-refractivity contribution in [3.8, 4) is 0 Å². The molecule has 0 saturated carbocycles. The minimum Gasteiger partial charge on any atom is -0.0885 e. The molecule has 0 radical (unpaired) electrons. The largest absolute Gasteiger partial charge is 0.0885 e. The predicted molar refractivity (Wildman–Crippen MR) is 82.0 cm³/mol. The molecule has 0 aliphatic heterocycles. The SMILES string of the molecule is C=C(Br)CP(c1ccccc1)c1ccccc1. The number of allylic oxidation sites excluding steroid dienone is 1. The van der Waals surface area contributed by atoms with Crippen molar-refractivity contribution in [1.82, 2.24) is 0 Å². The Morgan fingerprint density at radius 2 is 1.29 bits per heavy atom. The van der Waals surface area contributed by atoms with Gasteiger partial charge in [-0.3, -0.25) is 0 Å². The van der Waals surface area contributed by atoms with Crippen LogP contribution in [0.3, 0.4) is 0 Å². The summed E-state index contributed by atoms with van der Waals surface area (Å²) in [5.41, 5.74) is 0. The van der Waals surface area contributed by atoms with E-state index in [-0.39, 0.29) is 7.92 Å². The van der Waals surface area contributed by atoms with Crippen LogP contribution < -0.4 is 10.6 Å². The molecule has 2 aromatic carbocycles. The summed E-state index contributed by atoms with van der Waals surface area (Å²) in [5, 5.41) is 2.80. The lowest BCUT2D eigenvalue weighted by molar-refractivity contribution is 1.69. The Bertz CT molecular complexity index is 439. The predicted octanol–water partition coefficient (Wildman–Crippen LogP) is 4.03. The molecule has 0 N–H and O–H groups in total. The molecule has 0 amide bonds. The van der Waals surface area contributed by atoms with Gasteiger partial charge in [0.15, 0.2) is 0 Å². The Balaban J connectivity index is 2.36. The molecule has 0 fully saturated rings. The zero-order valence-electron chi connectivity index (χ0n) is 9.51. The minimum absolute atomic E-state index is 0.337. The Morgan fingerprint density at radius 3 is 1.65 bits per heavy atom. The third-order valence-electron chi connectivity index (χ3n) is 2.47. The summed E-state index contributed by atoms with van der Waals surface area (Å²) in [5.74, 6) is 0. The Morgan fingerprint density at radius 1 is 0.882 bits per heavy atom. The summed E-state index contributed by atoms with van der Waals surface area (Å²) in [4.78, 5) is 0. The molecule has 0 nitrogen and oxygen atoms in total. The van der Waals surface area contributed by atoms with Gasteiger partial charge >= 0.3 is 0 Å². The molecule has 2 aromatic rings. The highest BCUT2D eigenvalue weighted by molar-refractivity contribution is 9.11. The maximum atomic E-state index is 3.98. The Kier molecular flexibility index (Phi) is 4.53. The van der Waals surface area contributed by atoms with Gasteiger partial charge < -0.3 is 0 Å². The first-order chi connectivity index (χ1) is 8.27. The van der Waals surface area contributed by atoms with Gasteiger partial charge in [0.25, 0.3) is 0 Å². The van der Waals surface area contributed by atoms with Crippen LogP contribution in [0.5, 0.6) is 0 Å². The molecular formula is C15H14BrP. The van der Waals surface area contributed by atoms with Gasteiger partial charge in [0.1, 0.15) is 0 Å². The standard InChI is InChI=1S/C15H14BrP/c1-13(16)12-17(14-8-4-2-5-9-14)15-10-6-3-7-11-15/h2-11H,1,12H2. The van der Waals surface area contributed by atoms with Gasteiger partial charge in [0.2, 0.25) is 0 Å². The van der Waals surface area contributed by atoms with Crippen LogP contribution >= 0.6 is 23.9 Å². The lowest BCUT2D eigenvalue weighted by Gasteiger charge is -2.18. The first-order valence-corrected chi connectivity index (χ1v) is 7.80. The third-order valence-corrected chi connectivity index (χ3v) is 5.72. The van der Waals surface area contributed by atoms with Crippen molar-refractivity contribution in [2.24, 2.45) is 0 Å². The molecule has 0 aliphatic rings. The topological polar surface area (TPSA) is 0 Å². The average molecular weight is 305 g/mol. The van der Waals surface area contributed by atoms with E-state index in [1.807, 2.05) is 0 Å². The van der Waals surface area contributed by atoms with Gasteiger partial charge in [0.05, 0.1) is 0 Å². The average Bonchev–Trinajstić information content (AvgIpc) is 2.38. The van der Waals surface area contributed by atoms with E-state index in [0.717, 1.165) is 10.6 Å². The van der Waals surface area contributed by atoms with E-state index >= 15 is 0 Å². The number of benzene rings is 2. The van der Waals surface area contributed by atoms with Gasteiger partial charge in [-0.05, 0) is 23.0 Å². The fraction of sp³-hybridized carbons (Fsp3) is 0.0667. The maximum Gasteiger partial charge on any atom is 0.00679 e. The van der Waals surface area contributed by atoms with Crippen molar-refractivity contribution in [2.75, 3.05) is 6.16 Å². The van der Waals surface area contributed by atoms with Gasteiger partial charge in [-0.1, -0.05) is 83.2 Å². The lowest BCUT2D eigenvalue weighted by Crippen LogP contribution is -2.13. The van der Waals surface area contributed by atoms with Crippen LogP contribution in [-0.2, 0) is 0 Å². The van der Waals surface area contributed by atoms with Crippen LogP contribution in [0.25, 0.3) is 0 Å². The van der Waals surface area contributed by atoms with Crippen LogP contribution in [0, 0.1) is 0 Å². The number of halogens is 1.